The van der Waals surface area contributed by atoms with Gasteiger partial charge in [-0.1, -0.05) is 30.3 Å². The highest BCUT2D eigenvalue weighted by Gasteiger charge is 2.28. The molecule has 1 aliphatic heterocycles. The third-order valence-electron chi connectivity index (χ3n) is 5.55. The number of piperidine rings is 1. The van der Waals surface area contributed by atoms with Crippen LogP contribution in [0.15, 0.2) is 36.7 Å². The van der Waals surface area contributed by atoms with Crippen molar-refractivity contribution in [2.24, 2.45) is 5.92 Å². The Hall–Kier alpha value is -2.47. The Balaban J connectivity index is 1.34. The van der Waals surface area contributed by atoms with Crippen LogP contribution in [0.5, 0.6) is 0 Å². The summed E-state index contributed by atoms with van der Waals surface area (Å²) in [6.07, 6.45) is 4.02. The molecular weight excluding hydrogens is 370 g/mol. The Bertz CT molecular complexity index is 963. The highest BCUT2D eigenvalue weighted by Crippen LogP contribution is 2.35. The van der Waals surface area contributed by atoms with Crippen LogP contribution in [-0.2, 0) is 16.0 Å². The average Bonchev–Trinajstić information content (AvgIpc) is 3.03. The van der Waals surface area contributed by atoms with Crippen LogP contribution in [0.4, 0.5) is 5.82 Å². The maximum atomic E-state index is 12.4. The molecule has 1 saturated heterocycles. The van der Waals surface area contributed by atoms with Crippen molar-refractivity contribution in [3.05, 3.63) is 52.7 Å². The number of anilines is 1. The smallest absolute Gasteiger partial charge is 0.309 e. The summed E-state index contributed by atoms with van der Waals surface area (Å²) in [7, 11) is 0. The van der Waals surface area contributed by atoms with Crippen molar-refractivity contribution in [2.45, 2.75) is 33.1 Å². The Morgan fingerprint density at radius 1 is 1.18 bits per heavy atom. The monoisotopic (exact) mass is 395 g/mol. The quantitative estimate of drug-likeness (QED) is 0.603. The van der Waals surface area contributed by atoms with Crippen molar-refractivity contribution in [3.8, 4) is 0 Å². The number of fused-ring (bicyclic) bond motifs is 1. The molecule has 28 heavy (non-hydrogen) atoms. The first-order valence-electron chi connectivity index (χ1n) is 9.79. The number of rotatable bonds is 5. The van der Waals surface area contributed by atoms with Gasteiger partial charge in [0.1, 0.15) is 17.0 Å². The molecule has 146 valence electrons. The first-order valence-corrected chi connectivity index (χ1v) is 10.6. The molecule has 1 aromatic carbocycles. The van der Waals surface area contributed by atoms with Crippen LogP contribution in [-0.4, -0.2) is 35.6 Å². The van der Waals surface area contributed by atoms with E-state index in [1.165, 1.54) is 16.0 Å². The van der Waals surface area contributed by atoms with Crippen molar-refractivity contribution in [1.29, 1.82) is 0 Å². The molecule has 3 heterocycles. The van der Waals surface area contributed by atoms with Crippen LogP contribution < -0.4 is 4.90 Å². The summed E-state index contributed by atoms with van der Waals surface area (Å²) in [5.41, 5.74) is 2.46. The van der Waals surface area contributed by atoms with Gasteiger partial charge in [-0.2, -0.15) is 0 Å². The molecule has 0 radical (unpaired) electrons. The summed E-state index contributed by atoms with van der Waals surface area (Å²) < 4.78 is 5.54. The normalized spacial score (nSPS) is 15.1. The molecule has 2 aromatic heterocycles. The number of aryl methyl sites for hydroxylation is 2. The van der Waals surface area contributed by atoms with Gasteiger partial charge in [-0.15, -0.1) is 11.3 Å². The van der Waals surface area contributed by atoms with Crippen molar-refractivity contribution in [1.82, 2.24) is 9.97 Å². The Morgan fingerprint density at radius 2 is 1.93 bits per heavy atom. The van der Waals surface area contributed by atoms with E-state index in [-0.39, 0.29) is 11.9 Å². The molecule has 0 unspecified atom stereocenters. The minimum Gasteiger partial charge on any atom is -0.465 e. The third-order valence-corrected chi connectivity index (χ3v) is 6.67. The van der Waals surface area contributed by atoms with Crippen LogP contribution >= 0.6 is 11.3 Å². The van der Waals surface area contributed by atoms with Gasteiger partial charge in [0.2, 0.25) is 0 Å². The summed E-state index contributed by atoms with van der Waals surface area (Å²) in [6.45, 7) is 6.35. The largest absolute Gasteiger partial charge is 0.465 e. The molecule has 5 nitrogen and oxygen atoms in total. The zero-order valence-corrected chi connectivity index (χ0v) is 17.2. The Morgan fingerprint density at radius 3 is 2.68 bits per heavy atom. The second kappa shape index (κ2) is 8.27. The molecule has 1 aliphatic rings. The van der Waals surface area contributed by atoms with Gasteiger partial charge in [-0.25, -0.2) is 9.97 Å². The highest BCUT2D eigenvalue weighted by molar-refractivity contribution is 7.18. The molecule has 0 N–H and O–H groups in total. The van der Waals surface area contributed by atoms with Crippen molar-refractivity contribution in [3.63, 3.8) is 0 Å². The summed E-state index contributed by atoms with van der Waals surface area (Å²) in [5, 5.41) is 1.16. The first-order chi connectivity index (χ1) is 13.6. The lowest BCUT2D eigenvalue weighted by atomic mass is 9.96. The number of hydrogen-bond acceptors (Lipinski definition) is 6. The van der Waals surface area contributed by atoms with Gasteiger partial charge in [0.25, 0.3) is 0 Å². The van der Waals surface area contributed by atoms with Crippen molar-refractivity contribution < 1.29 is 9.53 Å². The van der Waals surface area contributed by atoms with E-state index in [0.29, 0.717) is 6.61 Å². The highest BCUT2D eigenvalue weighted by atomic mass is 32.1. The molecule has 0 bridgehead atoms. The van der Waals surface area contributed by atoms with Crippen molar-refractivity contribution in [2.75, 3.05) is 24.6 Å². The van der Waals surface area contributed by atoms with Crippen molar-refractivity contribution >= 4 is 33.3 Å². The zero-order valence-electron chi connectivity index (χ0n) is 16.4. The molecule has 1 fully saturated rings. The molecule has 3 aromatic rings. The molecule has 4 rings (SSSR count). The van der Waals surface area contributed by atoms with Gasteiger partial charge in [0.15, 0.2) is 0 Å². The summed E-state index contributed by atoms with van der Waals surface area (Å²) in [6, 6.07) is 10.1. The average molecular weight is 396 g/mol. The molecule has 6 heteroatoms. The van der Waals surface area contributed by atoms with Crippen LogP contribution in [0, 0.1) is 19.8 Å². The summed E-state index contributed by atoms with van der Waals surface area (Å²) in [4.78, 5) is 26.0. The first kappa shape index (κ1) is 18.9. The Labute approximate surface area is 169 Å². The number of aromatic nitrogens is 2. The fraction of sp³-hybridized carbons (Fsp3) is 0.409. The number of esters is 1. The molecule has 0 saturated carbocycles. The number of carbonyl (C=O) groups excluding carboxylic acids is 1. The van der Waals surface area contributed by atoms with Crippen LogP contribution in [0.3, 0.4) is 0 Å². The molecular formula is C22H25N3O2S. The predicted molar refractivity (Wildman–Crippen MR) is 113 cm³/mol. The van der Waals surface area contributed by atoms with E-state index in [1.807, 2.05) is 18.2 Å². The fourth-order valence-corrected chi connectivity index (χ4v) is 4.75. The van der Waals surface area contributed by atoms with Crippen LogP contribution in [0.2, 0.25) is 0 Å². The van der Waals surface area contributed by atoms with E-state index in [1.54, 1.807) is 17.7 Å². The summed E-state index contributed by atoms with van der Waals surface area (Å²) >= 11 is 1.72. The number of benzene rings is 1. The third kappa shape index (κ3) is 3.87. The number of thiophene rings is 1. The van der Waals surface area contributed by atoms with Gasteiger partial charge in [-0.3, -0.25) is 4.79 Å². The second-order valence-electron chi connectivity index (χ2n) is 7.33. The van der Waals surface area contributed by atoms with Crippen LogP contribution in [0.1, 0.15) is 28.8 Å². The predicted octanol–water partition coefficient (Wildman–Crippen LogP) is 4.31. The molecule has 0 atom stereocenters. The van der Waals surface area contributed by atoms with Gasteiger partial charge in [0, 0.05) is 24.4 Å². The number of nitrogens with zero attached hydrogens (tertiary/aromatic N) is 3. The van der Waals surface area contributed by atoms with E-state index in [9.17, 15) is 4.79 Å². The summed E-state index contributed by atoms with van der Waals surface area (Å²) in [5.74, 6) is 0.920. The lowest BCUT2D eigenvalue weighted by Gasteiger charge is -2.32. The fourth-order valence-electron chi connectivity index (χ4n) is 3.76. The number of hydrogen-bond donors (Lipinski definition) is 0. The second-order valence-corrected chi connectivity index (χ2v) is 8.53. The molecule has 0 aliphatic carbocycles. The standard InChI is InChI=1S/C22H25N3O2S/c1-15-16(2)28-21-19(15)20(23-14-24-21)25-11-8-18(9-12-25)22(26)27-13-10-17-6-4-3-5-7-17/h3-7,14,18H,8-13H2,1-2H3. The van der Waals surface area contributed by atoms with Gasteiger partial charge in [0.05, 0.1) is 17.9 Å². The van der Waals surface area contributed by atoms with E-state index in [4.69, 9.17) is 4.74 Å². The van der Waals surface area contributed by atoms with E-state index in [0.717, 1.165) is 48.4 Å². The van der Waals surface area contributed by atoms with E-state index < -0.39 is 0 Å². The lowest BCUT2D eigenvalue weighted by Crippen LogP contribution is -2.37. The Kier molecular flexibility index (Phi) is 5.57. The topological polar surface area (TPSA) is 55.3 Å². The molecule has 0 amide bonds. The number of carbonyl (C=O) groups is 1. The van der Waals surface area contributed by atoms with Gasteiger partial charge >= 0.3 is 5.97 Å². The maximum Gasteiger partial charge on any atom is 0.309 e. The van der Waals surface area contributed by atoms with E-state index >= 15 is 0 Å². The minimum absolute atomic E-state index is 0.0188. The maximum absolute atomic E-state index is 12.4. The van der Waals surface area contributed by atoms with Gasteiger partial charge in [-0.05, 0) is 37.8 Å². The number of ether oxygens (including phenoxy) is 1. The molecule has 0 spiro atoms. The lowest BCUT2D eigenvalue weighted by molar-refractivity contribution is -0.149. The van der Waals surface area contributed by atoms with Crippen LogP contribution in [0.25, 0.3) is 10.2 Å². The van der Waals surface area contributed by atoms with Gasteiger partial charge < -0.3 is 9.64 Å². The zero-order chi connectivity index (χ0) is 19.5. The SMILES string of the molecule is Cc1sc2ncnc(N3CCC(C(=O)OCCc4ccccc4)CC3)c2c1C. The van der Waals surface area contributed by atoms with E-state index in [2.05, 4.69) is 40.8 Å². The minimum atomic E-state index is -0.0639.